The van der Waals surface area contributed by atoms with Crippen molar-refractivity contribution in [1.29, 1.82) is 0 Å². The number of hydrogen-bond donors (Lipinski definition) is 0. The summed E-state index contributed by atoms with van der Waals surface area (Å²) in [4.78, 5) is 26.9. The molecule has 2 aliphatic rings. The molecule has 0 bridgehead atoms. The Balaban J connectivity index is 1.78. The summed E-state index contributed by atoms with van der Waals surface area (Å²) in [6.07, 6.45) is 0.518. The van der Waals surface area contributed by atoms with Crippen molar-refractivity contribution < 1.29 is 23.1 Å². The average Bonchev–Trinajstić information content (AvgIpc) is 2.64. The van der Waals surface area contributed by atoms with Gasteiger partial charge >= 0.3 is 6.61 Å². The van der Waals surface area contributed by atoms with E-state index in [0.717, 1.165) is 6.42 Å². The molecule has 0 N–H and O–H groups in total. The predicted octanol–water partition coefficient (Wildman–Crippen LogP) is 0.695. The molecule has 2 aliphatic heterocycles. The van der Waals surface area contributed by atoms with Crippen molar-refractivity contribution in [2.45, 2.75) is 32.5 Å². The lowest BCUT2D eigenvalue weighted by molar-refractivity contribution is -0.200. The Morgan fingerprint density at radius 3 is 2.68 bits per heavy atom. The van der Waals surface area contributed by atoms with Crippen LogP contribution in [0.4, 0.5) is 8.78 Å². The fourth-order valence-corrected chi connectivity index (χ4v) is 2.53. The van der Waals surface area contributed by atoms with E-state index in [1.807, 2.05) is 6.92 Å². The van der Waals surface area contributed by atoms with Gasteiger partial charge in [0, 0.05) is 32.6 Å². The van der Waals surface area contributed by atoms with Gasteiger partial charge in [-0.3, -0.25) is 9.59 Å². The van der Waals surface area contributed by atoms with Gasteiger partial charge in [-0.15, -0.1) is 0 Å². The quantitative estimate of drug-likeness (QED) is 0.742. The van der Waals surface area contributed by atoms with Crippen molar-refractivity contribution >= 4 is 11.8 Å². The molecule has 19 heavy (non-hydrogen) atoms. The average molecular weight is 276 g/mol. The number of carbonyl (C=O) groups is 2. The molecule has 0 aliphatic carbocycles. The molecule has 2 rings (SSSR count). The monoisotopic (exact) mass is 276 g/mol. The SMILES string of the molecule is CCCN1CC(C(=O)N2CC(OC(F)F)C2)CC1=O. The number of carbonyl (C=O) groups excluding carboxylic acids is 2. The summed E-state index contributed by atoms with van der Waals surface area (Å²) < 4.78 is 28.2. The number of hydrogen-bond acceptors (Lipinski definition) is 3. The van der Waals surface area contributed by atoms with E-state index < -0.39 is 12.7 Å². The molecule has 1 unspecified atom stereocenters. The van der Waals surface area contributed by atoms with Gasteiger partial charge in [0.05, 0.1) is 12.0 Å². The third-order valence-electron chi connectivity index (χ3n) is 3.51. The second kappa shape index (κ2) is 5.81. The van der Waals surface area contributed by atoms with Gasteiger partial charge in [0.25, 0.3) is 0 Å². The van der Waals surface area contributed by atoms with Gasteiger partial charge in [0.15, 0.2) is 0 Å². The molecule has 0 aromatic carbocycles. The first-order valence-corrected chi connectivity index (χ1v) is 6.51. The Hall–Kier alpha value is -1.24. The van der Waals surface area contributed by atoms with E-state index in [9.17, 15) is 18.4 Å². The van der Waals surface area contributed by atoms with E-state index in [0.29, 0.717) is 13.1 Å². The molecule has 0 spiro atoms. The topological polar surface area (TPSA) is 49.9 Å². The van der Waals surface area contributed by atoms with E-state index in [2.05, 4.69) is 4.74 Å². The first kappa shape index (κ1) is 14.2. The molecule has 2 saturated heterocycles. The number of rotatable bonds is 5. The molecule has 2 heterocycles. The second-order valence-corrected chi connectivity index (χ2v) is 5.00. The van der Waals surface area contributed by atoms with Crippen LogP contribution in [0.25, 0.3) is 0 Å². The first-order valence-electron chi connectivity index (χ1n) is 6.51. The summed E-state index contributed by atoms with van der Waals surface area (Å²) in [5, 5.41) is 0. The van der Waals surface area contributed by atoms with Crippen molar-refractivity contribution in [2.75, 3.05) is 26.2 Å². The highest BCUT2D eigenvalue weighted by atomic mass is 19.3. The third kappa shape index (κ3) is 3.20. The van der Waals surface area contributed by atoms with Gasteiger partial charge in [0.1, 0.15) is 0 Å². The van der Waals surface area contributed by atoms with Crippen LogP contribution in [0.15, 0.2) is 0 Å². The third-order valence-corrected chi connectivity index (χ3v) is 3.51. The zero-order chi connectivity index (χ0) is 14.0. The maximum atomic E-state index is 12.1. The van der Waals surface area contributed by atoms with Gasteiger partial charge in [-0.2, -0.15) is 8.78 Å². The van der Waals surface area contributed by atoms with Crippen LogP contribution in [0.1, 0.15) is 19.8 Å². The second-order valence-electron chi connectivity index (χ2n) is 5.00. The molecular weight excluding hydrogens is 258 g/mol. The maximum Gasteiger partial charge on any atom is 0.345 e. The van der Waals surface area contributed by atoms with Crippen molar-refractivity contribution in [2.24, 2.45) is 5.92 Å². The Kier molecular flexibility index (Phi) is 4.34. The molecule has 1 atom stereocenters. The largest absolute Gasteiger partial charge is 0.345 e. The normalized spacial score (nSPS) is 24.2. The van der Waals surface area contributed by atoms with Crippen LogP contribution >= 0.6 is 0 Å². The van der Waals surface area contributed by atoms with Gasteiger partial charge in [-0.1, -0.05) is 6.92 Å². The molecule has 0 aromatic heterocycles. The van der Waals surface area contributed by atoms with Crippen molar-refractivity contribution in [3.8, 4) is 0 Å². The van der Waals surface area contributed by atoms with Gasteiger partial charge in [-0.25, -0.2) is 0 Å². The minimum absolute atomic E-state index is 0.00102. The van der Waals surface area contributed by atoms with Crippen LogP contribution in [0.3, 0.4) is 0 Å². The molecular formula is C12H18F2N2O3. The molecule has 2 amide bonds. The lowest BCUT2D eigenvalue weighted by Crippen LogP contribution is -2.57. The molecule has 7 heteroatoms. The van der Waals surface area contributed by atoms with E-state index in [-0.39, 0.29) is 37.2 Å². The highest BCUT2D eigenvalue weighted by Gasteiger charge is 2.41. The zero-order valence-corrected chi connectivity index (χ0v) is 10.8. The lowest BCUT2D eigenvalue weighted by Gasteiger charge is -2.39. The van der Waals surface area contributed by atoms with Crippen LogP contribution in [0.2, 0.25) is 0 Å². The zero-order valence-electron chi connectivity index (χ0n) is 10.8. The van der Waals surface area contributed by atoms with Crippen molar-refractivity contribution in [3.05, 3.63) is 0 Å². The summed E-state index contributed by atoms with van der Waals surface area (Å²) >= 11 is 0. The number of halogens is 2. The Bertz CT molecular complexity index is 359. The summed E-state index contributed by atoms with van der Waals surface area (Å²) in [6.45, 7) is 0.686. The number of likely N-dealkylation sites (tertiary alicyclic amines) is 2. The molecule has 108 valence electrons. The molecule has 2 fully saturated rings. The van der Waals surface area contributed by atoms with E-state index in [4.69, 9.17) is 0 Å². The van der Waals surface area contributed by atoms with Crippen molar-refractivity contribution in [3.63, 3.8) is 0 Å². The fraction of sp³-hybridized carbons (Fsp3) is 0.833. The van der Waals surface area contributed by atoms with E-state index in [1.54, 1.807) is 4.90 Å². The minimum atomic E-state index is -2.80. The van der Waals surface area contributed by atoms with Crippen LogP contribution in [0.5, 0.6) is 0 Å². The summed E-state index contributed by atoms with van der Waals surface area (Å²) in [5.74, 6) is -0.450. The van der Waals surface area contributed by atoms with Gasteiger partial charge in [0.2, 0.25) is 11.8 Å². The lowest BCUT2D eigenvalue weighted by atomic mass is 10.0. The molecule has 0 aromatic rings. The van der Waals surface area contributed by atoms with Crippen LogP contribution < -0.4 is 0 Å². The van der Waals surface area contributed by atoms with Crippen LogP contribution in [-0.4, -0.2) is 60.5 Å². The number of ether oxygens (including phenoxy) is 1. The Labute approximate surface area is 110 Å². The van der Waals surface area contributed by atoms with Gasteiger partial charge in [-0.05, 0) is 6.42 Å². The smallest absolute Gasteiger partial charge is 0.342 e. The van der Waals surface area contributed by atoms with E-state index >= 15 is 0 Å². The Morgan fingerprint density at radius 1 is 1.42 bits per heavy atom. The standard InChI is InChI=1S/C12H18F2N2O3/c1-2-3-15-5-8(4-10(15)17)11(18)16-6-9(7-16)19-12(13)14/h8-9,12H,2-7H2,1H3. The summed E-state index contributed by atoms with van der Waals surface area (Å²) in [5.41, 5.74) is 0. The first-order chi connectivity index (χ1) is 9.01. The van der Waals surface area contributed by atoms with Gasteiger partial charge < -0.3 is 14.5 Å². The minimum Gasteiger partial charge on any atom is -0.342 e. The van der Waals surface area contributed by atoms with Crippen LogP contribution in [-0.2, 0) is 14.3 Å². The van der Waals surface area contributed by atoms with E-state index in [1.165, 1.54) is 4.90 Å². The molecule has 0 radical (unpaired) electrons. The number of nitrogens with zero attached hydrogens (tertiary/aromatic N) is 2. The summed E-state index contributed by atoms with van der Waals surface area (Å²) in [6, 6.07) is 0. The maximum absolute atomic E-state index is 12.1. The predicted molar refractivity (Wildman–Crippen MR) is 62.4 cm³/mol. The summed E-state index contributed by atoms with van der Waals surface area (Å²) in [7, 11) is 0. The Morgan fingerprint density at radius 2 is 2.11 bits per heavy atom. The number of alkyl halides is 2. The van der Waals surface area contributed by atoms with Crippen molar-refractivity contribution in [1.82, 2.24) is 9.80 Å². The molecule has 0 saturated carbocycles. The molecule has 5 nitrogen and oxygen atoms in total. The highest BCUT2D eigenvalue weighted by molar-refractivity contribution is 5.89. The fourth-order valence-electron chi connectivity index (χ4n) is 2.53. The number of amides is 2. The highest BCUT2D eigenvalue weighted by Crippen LogP contribution is 2.24. The van der Waals surface area contributed by atoms with Crippen LogP contribution in [0, 0.1) is 5.92 Å².